The molecule has 0 spiro atoms. The summed E-state index contributed by atoms with van der Waals surface area (Å²) in [5.41, 5.74) is 0. The molecule has 20 heavy (non-hydrogen) atoms. The minimum atomic E-state index is -0.328. The SMILES string of the molecule is CCOC(=O)CN(C(=O)CC1CNCCO1)C1CC1.Cl. The van der Waals surface area contributed by atoms with E-state index in [2.05, 4.69) is 5.32 Å². The molecule has 1 N–H and O–H groups in total. The van der Waals surface area contributed by atoms with Gasteiger partial charge < -0.3 is 19.7 Å². The molecule has 0 bridgehead atoms. The number of rotatable bonds is 6. The van der Waals surface area contributed by atoms with Gasteiger partial charge in [0.25, 0.3) is 0 Å². The third kappa shape index (κ3) is 5.26. The molecule has 116 valence electrons. The maximum absolute atomic E-state index is 12.2. The molecule has 0 radical (unpaired) electrons. The minimum absolute atomic E-state index is 0. The predicted octanol–water partition coefficient (Wildman–Crippen LogP) is 0.341. The molecule has 1 saturated carbocycles. The van der Waals surface area contributed by atoms with Gasteiger partial charge in [-0.05, 0) is 19.8 Å². The van der Waals surface area contributed by atoms with Crippen LogP contribution in [0.2, 0.25) is 0 Å². The van der Waals surface area contributed by atoms with Gasteiger partial charge in [-0.2, -0.15) is 0 Å². The van der Waals surface area contributed by atoms with Gasteiger partial charge in [0.15, 0.2) is 0 Å². The van der Waals surface area contributed by atoms with Gasteiger partial charge in [-0.15, -0.1) is 12.4 Å². The second-order valence-corrected chi connectivity index (χ2v) is 4.96. The van der Waals surface area contributed by atoms with Crippen LogP contribution in [0.3, 0.4) is 0 Å². The van der Waals surface area contributed by atoms with Gasteiger partial charge in [0.1, 0.15) is 6.54 Å². The molecule has 1 amide bonds. The molecule has 1 aliphatic heterocycles. The molecular weight excluding hydrogens is 284 g/mol. The number of hydrogen-bond acceptors (Lipinski definition) is 5. The summed E-state index contributed by atoms with van der Waals surface area (Å²) in [7, 11) is 0. The Bertz CT molecular complexity index is 330. The zero-order valence-corrected chi connectivity index (χ0v) is 12.6. The Labute approximate surface area is 125 Å². The summed E-state index contributed by atoms with van der Waals surface area (Å²) in [6.07, 6.45) is 2.22. The monoisotopic (exact) mass is 306 g/mol. The lowest BCUT2D eigenvalue weighted by atomic mass is 10.2. The molecule has 1 unspecified atom stereocenters. The van der Waals surface area contributed by atoms with E-state index < -0.39 is 0 Å². The van der Waals surface area contributed by atoms with Gasteiger partial charge >= 0.3 is 5.97 Å². The first-order chi connectivity index (χ1) is 9.20. The molecule has 1 saturated heterocycles. The Balaban J connectivity index is 0.00000200. The van der Waals surface area contributed by atoms with Crippen LogP contribution in [0.1, 0.15) is 26.2 Å². The van der Waals surface area contributed by atoms with Gasteiger partial charge in [-0.3, -0.25) is 9.59 Å². The number of carbonyl (C=O) groups is 2. The van der Waals surface area contributed by atoms with Crippen molar-refractivity contribution in [2.75, 3.05) is 32.8 Å². The van der Waals surface area contributed by atoms with Gasteiger partial charge in [0, 0.05) is 19.1 Å². The van der Waals surface area contributed by atoms with Crippen molar-refractivity contribution >= 4 is 24.3 Å². The number of nitrogens with one attached hydrogen (secondary N) is 1. The van der Waals surface area contributed by atoms with Crippen LogP contribution in [0.25, 0.3) is 0 Å². The van der Waals surface area contributed by atoms with Crippen molar-refractivity contribution in [3.05, 3.63) is 0 Å². The maximum Gasteiger partial charge on any atom is 0.325 e. The molecule has 2 aliphatic rings. The molecule has 0 aromatic rings. The van der Waals surface area contributed by atoms with Crippen LogP contribution >= 0.6 is 12.4 Å². The average molecular weight is 307 g/mol. The smallest absolute Gasteiger partial charge is 0.325 e. The summed E-state index contributed by atoms with van der Waals surface area (Å²) in [5.74, 6) is -0.338. The lowest BCUT2D eigenvalue weighted by Gasteiger charge is -2.27. The fraction of sp³-hybridized carbons (Fsp3) is 0.846. The molecule has 0 aromatic carbocycles. The van der Waals surface area contributed by atoms with Crippen LogP contribution in [0.15, 0.2) is 0 Å². The highest BCUT2D eigenvalue weighted by Crippen LogP contribution is 2.27. The van der Waals surface area contributed by atoms with Crippen LogP contribution in [0.4, 0.5) is 0 Å². The second-order valence-electron chi connectivity index (χ2n) is 4.96. The van der Waals surface area contributed by atoms with E-state index in [4.69, 9.17) is 9.47 Å². The molecule has 2 fully saturated rings. The van der Waals surface area contributed by atoms with Crippen LogP contribution in [-0.4, -0.2) is 61.8 Å². The normalized spacial score (nSPS) is 21.8. The minimum Gasteiger partial charge on any atom is -0.465 e. The van der Waals surface area contributed by atoms with E-state index in [0.717, 1.165) is 19.4 Å². The Morgan fingerprint density at radius 2 is 2.15 bits per heavy atom. The van der Waals surface area contributed by atoms with E-state index in [1.165, 1.54) is 0 Å². The molecule has 2 rings (SSSR count). The van der Waals surface area contributed by atoms with E-state index in [0.29, 0.717) is 26.2 Å². The number of ether oxygens (including phenoxy) is 2. The molecule has 1 heterocycles. The summed E-state index contributed by atoms with van der Waals surface area (Å²) in [5, 5.41) is 3.20. The van der Waals surface area contributed by atoms with Gasteiger partial charge in [0.05, 0.1) is 25.7 Å². The maximum atomic E-state index is 12.2. The van der Waals surface area contributed by atoms with Crippen molar-refractivity contribution < 1.29 is 19.1 Å². The van der Waals surface area contributed by atoms with E-state index in [1.807, 2.05) is 0 Å². The highest BCUT2D eigenvalue weighted by molar-refractivity contribution is 5.85. The largest absolute Gasteiger partial charge is 0.465 e. The fourth-order valence-electron chi connectivity index (χ4n) is 2.22. The number of carbonyl (C=O) groups excluding carboxylic acids is 2. The Morgan fingerprint density at radius 1 is 1.40 bits per heavy atom. The number of amides is 1. The number of halogens is 1. The number of esters is 1. The molecule has 7 heteroatoms. The Kier molecular flexibility index (Phi) is 7.26. The van der Waals surface area contributed by atoms with Crippen molar-refractivity contribution in [1.82, 2.24) is 10.2 Å². The summed E-state index contributed by atoms with van der Waals surface area (Å²) in [6, 6.07) is 0.216. The number of hydrogen-bond donors (Lipinski definition) is 1. The summed E-state index contributed by atoms with van der Waals surface area (Å²) in [4.78, 5) is 25.4. The van der Waals surface area contributed by atoms with Gasteiger partial charge in [0.2, 0.25) is 5.91 Å². The van der Waals surface area contributed by atoms with E-state index >= 15 is 0 Å². The van der Waals surface area contributed by atoms with Gasteiger partial charge in [-0.1, -0.05) is 0 Å². The lowest BCUT2D eigenvalue weighted by molar-refractivity contribution is -0.150. The third-order valence-electron chi connectivity index (χ3n) is 3.32. The Hall–Kier alpha value is -0.850. The van der Waals surface area contributed by atoms with Crippen molar-refractivity contribution in [2.24, 2.45) is 0 Å². The van der Waals surface area contributed by atoms with E-state index in [1.54, 1.807) is 11.8 Å². The first-order valence-electron chi connectivity index (χ1n) is 6.98. The number of morpholine rings is 1. The molecule has 1 atom stereocenters. The fourth-order valence-corrected chi connectivity index (χ4v) is 2.22. The van der Waals surface area contributed by atoms with Crippen LogP contribution in [0, 0.1) is 0 Å². The predicted molar refractivity (Wildman–Crippen MR) is 75.8 cm³/mol. The van der Waals surface area contributed by atoms with Crippen molar-refractivity contribution in [2.45, 2.75) is 38.3 Å². The van der Waals surface area contributed by atoms with Crippen molar-refractivity contribution in [1.29, 1.82) is 0 Å². The lowest BCUT2D eigenvalue weighted by Crippen LogP contribution is -2.44. The molecule has 0 aromatic heterocycles. The summed E-state index contributed by atoms with van der Waals surface area (Å²) < 4.78 is 10.4. The standard InChI is InChI=1S/C13H22N2O4.ClH/c1-2-18-13(17)9-15(10-3-4-10)12(16)7-11-8-14-5-6-19-11;/h10-11,14H,2-9H2,1H3;1H. The van der Waals surface area contributed by atoms with E-state index in [-0.39, 0.29) is 43.0 Å². The highest BCUT2D eigenvalue weighted by Gasteiger charge is 2.35. The van der Waals surface area contributed by atoms with Crippen LogP contribution < -0.4 is 5.32 Å². The van der Waals surface area contributed by atoms with E-state index in [9.17, 15) is 9.59 Å². The topological polar surface area (TPSA) is 67.9 Å². The Morgan fingerprint density at radius 3 is 2.70 bits per heavy atom. The quantitative estimate of drug-likeness (QED) is 0.717. The van der Waals surface area contributed by atoms with Crippen LogP contribution in [0.5, 0.6) is 0 Å². The van der Waals surface area contributed by atoms with Crippen molar-refractivity contribution in [3.8, 4) is 0 Å². The zero-order valence-electron chi connectivity index (χ0n) is 11.8. The number of nitrogens with zero attached hydrogens (tertiary/aromatic N) is 1. The zero-order chi connectivity index (χ0) is 13.7. The van der Waals surface area contributed by atoms with Crippen LogP contribution in [-0.2, 0) is 19.1 Å². The molecular formula is C13H23ClN2O4. The first-order valence-corrected chi connectivity index (χ1v) is 6.98. The molecule has 6 nitrogen and oxygen atoms in total. The third-order valence-corrected chi connectivity index (χ3v) is 3.32. The highest BCUT2D eigenvalue weighted by atomic mass is 35.5. The second kappa shape index (κ2) is 8.44. The summed E-state index contributed by atoms with van der Waals surface area (Å²) >= 11 is 0. The van der Waals surface area contributed by atoms with Crippen molar-refractivity contribution in [3.63, 3.8) is 0 Å². The van der Waals surface area contributed by atoms with Gasteiger partial charge in [-0.25, -0.2) is 0 Å². The molecule has 1 aliphatic carbocycles. The average Bonchev–Trinajstić information content (AvgIpc) is 3.21. The first kappa shape index (κ1) is 17.2. The summed E-state index contributed by atoms with van der Waals surface area (Å²) in [6.45, 7) is 4.35.